The quantitative estimate of drug-likeness (QED) is 0.651. The lowest BCUT2D eigenvalue weighted by Crippen LogP contribution is -2.41. The first kappa shape index (κ1) is 19.9. The molecule has 0 spiro atoms. The number of piperidine rings is 1. The molecule has 154 valence electrons. The first-order valence-corrected chi connectivity index (χ1v) is 11.0. The van der Waals surface area contributed by atoms with E-state index in [1.807, 2.05) is 32.2 Å². The number of carbonyl (C=O) groups excluding carboxylic acids is 1. The molecule has 2 aromatic rings. The Morgan fingerprint density at radius 1 is 1.24 bits per heavy atom. The average Bonchev–Trinajstić information content (AvgIpc) is 3.37. The molecule has 3 heterocycles. The van der Waals surface area contributed by atoms with Crippen LogP contribution in [0, 0.1) is 0 Å². The van der Waals surface area contributed by atoms with Gasteiger partial charge in [-0.25, -0.2) is 9.78 Å². The first-order chi connectivity index (χ1) is 13.9. The monoisotopic (exact) mass is 413 g/mol. The first-order valence-electron chi connectivity index (χ1n) is 10.2. The van der Waals surface area contributed by atoms with E-state index in [0.717, 1.165) is 53.4 Å². The molecule has 2 aromatic heterocycles. The van der Waals surface area contributed by atoms with Gasteiger partial charge in [0.25, 0.3) is 0 Å². The van der Waals surface area contributed by atoms with Crippen LogP contribution in [-0.4, -0.2) is 39.8 Å². The molecule has 1 saturated heterocycles. The Kier molecular flexibility index (Phi) is 5.58. The topological polar surface area (TPSA) is 68.5 Å². The second-order valence-electron chi connectivity index (χ2n) is 8.53. The predicted octanol–water partition coefficient (Wildman–Crippen LogP) is 5.65. The molecule has 1 aliphatic carbocycles. The maximum absolute atomic E-state index is 12.2. The fourth-order valence-corrected chi connectivity index (χ4v) is 4.54. The van der Waals surface area contributed by atoms with Gasteiger partial charge < -0.3 is 14.2 Å². The fraction of sp³-hybridized carbons (Fsp3) is 0.500. The largest absolute Gasteiger partial charge is 0.444 e. The molecule has 0 radical (unpaired) electrons. The summed E-state index contributed by atoms with van der Waals surface area (Å²) in [6.07, 6.45) is 10.1. The van der Waals surface area contributed by atoms with Crippen LogP contribution < -0.4 is 0 Å². The van der Waals surface area contributed by atoms with Gasteiger partial charge in [0.15, 0.2) is 5.76 Å². The fourth-order valence-electron chi connectivity index (χ4n) is 3.56. The van der Waals surface area contributed by atoms with Crippen LogP contribution in [0.4, 0.5) is 4.79 Å². The number of carbonyl (C=O) groups is 1. The highest BCUT2D eigenvalue weighted by Gasteiger charge is 2.29. The lowest BCUT2D eigenvalue weighted by molar-refractivity contribution is 0.0205. The van der Waals surface area contributed by atoms with Crippen LogP contribution in [-0.2, 0) is 4.74 Å². The molecule has 0 N–H and O–H groups in total. The summed E-state index contributed by atoms with van der Waals surface area (Å²) in [5.74, 6) is 1.15. The van der Waals surface area contributed by atoms with E-state index in [-0.39, 0.29) is 6.09 Å². The Bertz CT molecular complexity index is 927. The number of hydrogen-bond donors (Lipinski definition) is 0. The Morgan fingerprint density at radius 2 is 2.03 bits per heavy atom. The molecule has 0 saturated carbocycles. The molecule has 0 unspecified atom stereocenters. The summed E-state index contributed by atoms with van der Waals surface area (Å²) >= 11 is 1.66. The number of allylic oxidation sites excluding steroid dienone is 4. The minimum absolute atomic E-state index is 0.225. The molecular formula is C22H27N3O3S. The summed E-state index contributed by atoms with van der Waals surface area (Å²) in [5.41, 5.74) is 2.25. The van der Waals surface area contributed by atoms with E-state index in [1.54, 1.807) is 16.2 Å². The van der Waals surface area contributed by atoms with Crippen LogP contribution in [0.2, 0.25) is 0 Å². The second-order valence-corrected chi connectivity index (χ2v) is 9.42. The molecule has 1 amide bonds. The number of thiazole rings is 1. The van der Waals surface area contributed by atoms with E-state index in [1.165, 1.54) is 0 Å². The average molecular weight is 414 g/mol. The van der Waals surface area contributed by atoms with Crippen molar-refractivity contribution in [2.45, 2.75) is 58.0 Å². The van der Waals surface area contributed by atoms with Crippen molar-refractivity contribution in [3.63, 3.8) is 0 Å². The van der Waals surface area contributed by atoms with E-state index >= 15 is 0 Å². The Balaban J connectivity index is 1.38. The Morgan fingerprint density at radius 3 is 2.72 bits per heavy atom. The van der Waals surface area contributed by atoms with Gasteiger partial charge in [0.05, 0.1) is 5.01 Å². The third kappa shape index (κ3) is 4.78. The van der Waals surface area contributed by atoms with E-state index in [9.17, 15) is 4.79 Å². The SMILES string of the molecule is CC(C)(C)OC(=O)N1CCC(c2nc(-c3cc(C4=CCCC=C4)on3)cs2)CC1. The smallest absolute Gasteiger partial charge is 0.410 e. The summed E-state index contributed by atoms with van der Waals surface area (Å²) in [4.78, 5) is 18.9. The highest BCUT2D eigenvalue weighted by Crippen LogP contribution is 2.34. The van der Waals surface area contributed by atoms with Crippen LogP contribution in [0.25, 0.3) is 17.0 Å². The van der Waals surface area contributed by atoms with Crippen LogP contribution >= 0.6 is 11.3 Å². The molecule has 1 aliphatic heterocycles. The van der Waals surface area contributed by atoms with Crippen molar-refractivity contribution in [1.82, 2.24) is 15.0 Å². The van der Waals surface area contributed by atoms with Crippen LogP contribution in [0.1, 0.15) is 63.1 Å². The summed E-state index contributed by atoms with van der Waals surface area (Å²) in [6.45, 7) is 7.08. The molecule has 0 aromatic carbocycles. The van der Waals surface area contributed by atoms with Crippen LogP contribution in [0.15, 0.2) is 34.2 Å². The molecule has 0 bridgehead atoms. The van der Waals surface area contributed by atoms with Crippen molar-refractivity contribution in [3.05, 3.63) is 40.4 Å². The number of nitrogens with zero attached hydrogens (tertiary/aromatic N) is 3. The summed E-state index contributed by atoms with van der Waals surface area (Å²) < 4.78 is 11.0. The van der Waals surface area contributed by atoms with Gasteiger partial charge in [-0.15, -0.1) is 11.3 Å². The third-order valence-electron chi connectivity index (χ3n) is 5.07. The molecule has 4 rings (SSSR count). The van der Waals surface area contributed by atoms with E-state index < -0.39 is 5.60 Å². The molecule has 2 aliphatic rings. The zero-order chi connectivity index (χ0) is 20.4. The Labute approximate surface area is 175 Å². The summed E-state index contributed by atoms with van der Waals surface area (Å²) in [5, 5.41) is 7.36. The number of likely N-dealkylation sites (tertiary alicyclic amines) is 1. The zero-order valence-corrected chi connectivity index (χ0v) is 18.0. The third-order valence-corrected chi connectivity index (χ3v) is 6.08. The van der Waals surface area contributed by atoms with Crippen molar-refractivity contribution in [2.75, 3.05) is 13.1 Å². The van der Waals surface area contributed by atoms with E-state index in [2.05, 4.69) is 23.4 Å². The number of rotatable bonds is 3. The number of hydrogen-bond acceptors (Lipinski definition) is 6. The minimum atomic E-state index is -0.460. The van der Waals surface area contributed by atoms with Gasteiger partial charge in [0, 0.05) is 36.0 Å². The van der Waals surface area contributed by atoms with Crippen molar-refractivity contribution in [2.24, 2.45) is 0 Å². The summed E-state index contributed by atoms with van der Waals surface area (Å²) in [6, 6.07) is 1.96. The second kappa shape index (κ2) is 8.14. The van der Waals surface area contributed by atoms with Crippen LogP contribution in [0.3, 0.4) is 0 Å². The standard InChI is InChI=1S/C22H27N3O3S/c1-22(2,3)27-21(26)25-11-9-16(10-12-25)20-23-18(14-29-20)17-13-19(28-24-17)15-7-5-4-6-8-15/h5,7-8,13-14,16H,4,6,9-12H2,1-3H3. The number of aromatic nitrogens is 2. The lowest BCUT2D eigenvalue weighted by atomic mass is 9.98. The lowest BCUT2D eigenvalue weighted by Gasteiger charge is -2.32. The molecule has 29 heavy (non-hydrogen) atoms. The summed E-state index contributed by atoms with van der Waals surface area (Å²) in [7, 11) is 0. The highest BCUT2D eigenvalue weighted by atomic mass is 32.1. The van der Waals surface area contributed by atoms with Gasteiger partial charge >= 0.3 is 6.09 Å². The van der Waals surface area contributed by atoms with Gasteiger partial charge in [-0.2, -0.15) is 0 Å². The van der Waals surface area contributed by atoms with Gasteiger partial charge in [0.1, 0.15) is 17.0 Å². The maximum atomic E-state index is 12.2. The molecular weight excluding hydrogens is 386 g/mol. The predicted molar refractivity (Wildman–Crippen MR) is 114 cm³/mol. The van der Waals surface area contributed by atoms with Gasteiger partial charge in [0.2, 0.25) is 0 Å². The molecule has 1 fully saturated rings. The van der Waals surface area contributed by atoms with Crippen LogP contribution in [0.5, 0.6) is 0 Å². The van der Waals surface area contributed by atoms with Gasteiger partial charge in [-0.3, -0.25) is 0 Å². The normalized spacial score (nSPS) is 18.0. The van der Waals surface area contributed by atoms with Crippen molar-refractivity contribution < 1.29 is 14.1 Å². The van der Waals surface area contributed by atoms with Gasteiger partial charge in [-0.1, -0.05) is 23.4 Å². The van der Waals surface area contributed by atoms with E-state index in [4.69, 9.17) is 14.2 Å². The molecule has 6 nitrogen and oxygen atoms in total. The number of ether oxygens (including phenoxy) is 1. The highest BCUT2D eigenvalue weighted by molar-refractivity contribution is 7.10. The van der Waals surface area contributed by atoms with E-state index in [0.29, 0.717) is 19.0 Å². The Hall–Kier alpha value is -2.41. The van der Waals surface area contributed by atoms with Crippen molar-refractivity contribution >= 4 is 23.0 Å². The zero-order valence-electron chi connectivity index (χ0n) is 17.2. The molecule has 7 heteroatoms. The van der Waals surface area contributed by atoms with Crippen molar-refractivity contribution in [3.8, 4) is 11.4 Å². The number of amides is 1. The minimum Gasteiger partial charge on any atom is -0.444 e. The van der Waals surface area contributed by atoms with Gasteiger partial charge in [-0.05, 0) is 46.5 Å². The molecule has 0 atom stereocenters. The maximum Gasteiger partial charge on any atom is 0.410 e. The van der Waals surface area contributed by atoms with Crippen molar-refractivity contribution in [1.29, 1.82) is 0 Å².